The average molecular weight is 811 g/mol. The minimum absolute atomic E-state index is 0. The number of nitrogens with zero attached hydrogens (tertiary/aromatic N) is 2. The van der Waals surface area contributed by atoms with Gasteiger partial charge in [-0.05, 0) is 0 Å². The van der Waals surface area contributed by atoms with Crippen LogP contribution in [0.1, 0.15) is 98.1 Å². The van der Waals surface area contributed by atoms with Gasteiger partial charge >= 0.3 is 317 Å². The number of pyridine rings is 2. The van der Waals surface area contributed by atoms with Gasteiger partial charge in [0.05, 0.1) is 0 Å². The molecule has 5 heteroatoms. The zero-order valence-corrected chi connectivity index (χ0v) is 35.1. The van der Waals surface area contributed by atoms with Crippen molar-refractivity contribution >= 4 is 12.2 Å². The standard InChI is InChI=1S/2C24H22N.2ClH.Zr/c2*1-24(2,3)18-12-10-17(11-13-18)19-7-6-8-20-21(19)14-15-22(20)23-9-4-5-16-25-23;;;/h2*4-14,16,22H,1-3H3;2*1H;/q;;;;+2/p-2. The number of hydrogen-bond acceptors (Lipinski definition) is 2. The molecule has 8 rings (SSSR count). The molecule has 2 aromatic heterocycles. The van der Waals surface area contributed by atoms with Gasteiger partial charge in [-0.15, -0.1) is 0 Å². The van der Waals surface area contributed by atoms with Crippen LogP contribution < -0.4 is 24.8 Å². The first-order valence-electron chi connectivity index (χ1n) is 18.1. The van der Waals surface area contributed by atoms with Crippen LogP contribution >= 0.6 is 0 Å². The van der Waals surface area contributed by atoms with E-state index >= 15 is 0 Å². The van der Waals surface area contributed by atoms with Crippen molar-refractivity contribution in [3.05, 3.63) is 185 Å². The topological polar surface area (TPSA) is 25.8 Å². The largest absolute Gasteiger partial charge is 1.00 e. The van der Waals surface area contributed by atoms with Crippen LogP contribution in [0.5, 0.6) is 0 Å². The smallest absolute Gasteiger partial charge is 1.00 e. The van der Waals surface area contributed by atoms with Gasteiger partial charge in [0.15, 0.2) is 0 Å². The molecule has 2 nitrogen and oxygen atoms in total. The molecule has 0 saturated carbocycles. The SMILES string of the molecule is CC(C)(C)c1ccc(-c2cccc3c2C=[C]([Zr+2][C]2=Cc4c(-c5ccc(C(C)(C)C)cc5)cccc4C2c2ccccn2)C3c2ccccn2)cc1.[Cl-].[Cl-]. The van der Waals surface area contributed by atoms with Crippen LogP contribution in [0, 0.1) is 0 Å². The average Bonchev–Trinajstić information content (AvgIpc) is 3.69. The zero-order valence-electron chi connectivity index (χ0n) is 31.2. The summed E-state index contributed by atoms with van der Waals surface area (Å²) in [6, 6.07) is 44.9. The Morgan fingerprint density at radius 3 is 1.19 bits per heavy atom. The van der Waals surface area contributed by atoms with Crippen molar-refractivity contribution in [2.45, 2.75) is 64.2 Å². The van der Waals surface area contributed by atoms with E-state index in [2.05, 4.69) is 163 Å². The summed E-state index contributed by atoms with van der Waals surface area (Å²) >= 11 is -1.34. The molecule has 6 aromatic rings. The zero-order chi connectivity index (χ0) is 35.3. The van der Waals surface area contributed by atoms with E-state index in [4.69, 9.17) is 9.97 Å². The maximum atomic E-state index is 4.97. The van der Waals surface area contributed by atoms with Crippen LogP contribution in [0.25, 0.3) is 34.4 Å². The van der Waals surface area contributed by atoms with Gasteiger partial charge in [0.2, 0.25) is 0 Å². The van der Waals surface area contributed by atoms with Crippen molar-refractivity contribution in [2.75, 3.05) is 0 Å². The minimum atomic E-state index is -1.34. The Morgan fingerprint density at radius 2 is 0.849 bits per heavy atom. The van der Waals surface area contributed by atoms with E-state index < -0.39 is 23.2 Å². The number of hydrogen-bond donors (Lipinski definition) is 0. The maximum Gasteiger partial charge on any atom is -1.00 e. The fourth-order valence-corrected chi connectivity index (χ4v) is 11.8. The Hall–Kier alpha value is -3.88. The van der Waals surface area contributed by atoms with Crippen LogP contribution in [0.15, 0.2) is 140 Å². The summed E-state index contributed by atoms with van der Waals surface area (Å²) in [5, 5.41) is 0. The van der Waals surface area contributed by atoms with E-state index in [1.165, 1.54) is 55.6 Å². The monoisotopic (exact) mass is 808 g/mol. The van der Waals surface area contributed by atoms with E-state index in [1.54, 1.807) is 6.56 Å². The maximum absolute atomic E-state index is 4.97. The first-order valence-corrected chi connectivity index (χ1v) is 20.5. The Kier molecular flexibility index (Phi) is 11.3. The summed E-state index contributed by atoms with van der Waals surface area (Å²) in [5.41, 5.74) is 15.8. The van der Waals surface area contributed by atoms with Gasteiger partial charge in [0.25, 0.3) is 0 Å². The molecule has 4 aromatic carbocycles. The van der Waals surface area contributed by atoms with E-state index in [1.807, 2.05) is 24.5 Å². The molecule has 0 fully saturated rings. The second-order valence-electron chi connectivity index (χ2n) is 16.0. The number of benzene rings is 4. The summed E-state index contributed by atoms with van der Waals surface area (Å²) in [6.07, 6.45) is 8.98. The Bertz CT molecular complexity index is 2120. The van der Waals surface area contributed by atoms with Gasteiger partial charge in [-0.3, -0.25) is 0 Å². The van der Waals surface area contributed by atoms with Gasteiger partial charge < -0.3 is 24.8 Å². The molecule has 0 spiro atoms. The molecule has 0 bridgehead atoms. The molecule has 2 heterocycles. The fraction of sp³-hybridized carbons (Fsp3) is 0.208. The van der Waals surface area contributed by atoms with Crippen LogP contribution in [0.4, 0.5) is 0 Å². The summed E-state index contributed by atoms with van der Waals surface area (Å²) < 4.78 is 3.09. The second kappa shape index (κ2) is 15.5. The number of halogens is 2. The van der Waals surface area contributed by atoms with E-state index in [0.717, 1.165) is 11.4 Å². The van der Waals surface area contributed by atoms with E-state index in [-0.39, 0.29) is 47.5 Å². The fourth-order valence-electron chi connectivity index (χ4n) is 7.72. The first-order chi connectivity index (χ1) is 24.6. The number of fused-ring (bicyclic) bond motifs is 2. The van der Waals surface area contributed by atoms with Gasteiger partial charge in [-0.2, -0.15) is 0 Å². The first kappa shape index (κ1) is 38.8. The number of allylic oxidation sites excluding steroid dienone is 2. The van der Waals surface area contributed by atoms with Gasteiger partial charge in [-0.25, -0.2) is 0 Å². The van der Waals surface area contributed by atoms with Crippen LogP contribution in [0.2, 0.25) is 0 Å². The molecule has 0 aliphatic heterocycles. The molecule has 0 radical (unpaired) electrons. The summed E-state index contributed by atoms with van der Waals surface area (Å²) in [6.45, 7) is 13.7. The van der Waals surface area contributed by atoms with Crippen molar-refractivity contribution in [3.8, 4) is 22.3 Å². The van der Waals surface area contributed by atoms with Crippen molar-refractivity contribution in [2.24, 2.45) is 0 Å². The normalized spacial score (nSPS) is 16.0. The van der Waals surface area contributed by atoms with Crippen LogP contribution in [-0.4, -0.2) is 9.97 Å². The quantitative estimate of drug-likeness (QED) is 0.202. The number of rotatable bonds is 6. The predicted molar refractivity (Wildman–Crippen MR) is 209 cm³/mol. The van der Waals surface area contributed by atoms with E-state index in [9.17, 15) is 0 Å². The molecule has 2 aliphatic carbocycles. The molecular weight excluding hydrogens is 767 g/mol. The molecule has 264 valence electrons. The molecule has 0 saturated heterocycles. The van der Waals surface area contributed by atoms with Crippen molar-refractivity contribution < 1.29 is 48.0 Å². The molecule has 2 unspecified atom stereocenters. The number of aromatic nitrogens is 2. The molecule has 53 heavy (non-hydrogen) atoms. The van der Waals surface area contributed by atoms with E-state index in [0.29, 0.717) is 0 Å². The Labute approximate surface area is 339 Å². The van der Waals surface area contributed by atoms with Crippen molar-refractivity contribution in [3.63, 3.8) is 0 Å². The summed E-state index contributed by atoms with van der Waals surface area (Å²) in [7, 11) is 0. The van der Waals surface area contributed by atoms with Gasteiger partial charge in [0.1, 0.15) is 0 Å². The Balaban J connectivity index is 0.00000240. The third kappa shape index (κ3) is 7.59. The molecule has 0 N–H and O–H groups in total. The third-order valence-corrected chi connectivity index (χ3v) is 14.1. The third-order valence-electron chi connectivity index (χ3n) is 10.5. The van der Waals surface area contributed by atoms with Gasteiger partial charge in [0, 0.05) is 0 Å². The molecular formula is C48H44Cl2N2Zr. The summed E-state index contributed by atoms with van der Waals surface area (Å²) in [4.78, 5) is 9.95. The van der Waals surface area contributed by atoms with Gasteiger partial charge in [-0.1, -0.05) is 0 Å². The van der Waals surface area contributed by atoms with Crippen molar-refractivity contribution in [1.29, 1.82) is 0 Å². The second-order valence-corrected chi connectivity index (χ2v) is 19.4. The van der Waals surface area contributed by atoms with Crippen LogP contribution in [0.3, 0.4) is 0 Å². The van der Waals surface area contributed by atoms with Crippen molar-refractivity contribution in [1.82, 2.24) is 9.97 Å². The molecule has 0 amide bonds. The predicted octanol–water partition coefficient (Wildman–Crippen LogP) is 6.17. The Morgan fingerprint density at radius 1 is 0.453 bits per heavy atom. The summed E-state index contributed by atoms with van der Waals surface area (Å²) in [5.74, 6) is 0.306. The minimum Gasteiger partial charge on any atom is -1.00 e. The van der Waals surface area contributed by atoms with Crippen LogP contribution in [-0.2, 0) is 34.1 Å². The molecule has 2 aliphatic rings. The molecule has 2 atom stereocenters.